The van der Waals surface area contributed by atoms with Crippen molar-refractivity contribution >= 4 is 14.2 Å². The number of carbonyl (C=O) groups excluding carboxylic acids is 1. The number of hydrogen-bond donors (Lipinski definition) is 0. The van der Waals surface area contributed by atoms with Crippen LogP contribution in [0.1, 0.15) is 45.1 Å². The van der Waals surface area contributed by atoms with Crippen molar-refractivity contribution in [3.05, 3.63) is 47.2 Å². The highest BCUT2D eigenvalue weighted by atomic mass is 28.3. The second-order valence-corrected chi connectivity index (χ2v) is 15.1. The average molecular weight is 416 g/mol. The van der Waals surface area contributed by atoms with Crippen molar-refractivity contribution in [3.8, 4) is 0 Å². The van der Waals surface area contributed by atoms with Gasteiger partial charge in [-0.2, -0.15) is 0 Å². The monoisotopic (exact) mass is 415 g/mol. The molecule has 0 N–H and O–H groups in total. The molecule has 29 heavy (non-hydrogen) atoms. The van der Waals surface area contributed by atoms with Gasteiger partial charge in [0.25, 0.3) is 0 Å². The molecule has 2 fully saturated rings. The van der Waals surface area contributed by atoms with E-state index < -0.39 is 13.7 Å². The van der Waals surface area contributed by atoms with Crippen molar-refractivity contribution in [3.63, 3.8) is 0 Å². The Kier molecular flexibility index (Phi) is 6.89. The zero-order chi connectivity index (χ0) is 21.1. The Bertz CT molecular complexity index is 727. The van der Waals surface area contributed by atoms with E-state index in [1.807, 2.05) is 23.1 Å². The summed E-state index contributed by atoms with van der Waals surface area (Å²) in [7, 11) is -1.52. The minimum absolute atomic E-state index is 0.136. The van der Waals surface area contributed by atoms with Crippen LogP contribution in [0.25, 0.3) is 0 Å². The summed E-state index contributed by atoms with van der Waals surface area (Å²) >= 11 is 0. The van der Waals surface area contributed by atoms with Crippen LogP contribution in [-0.4, -0.2) is 43.9 Å². The molecular weight excluding hydrogens is 378 g/mol. The van der Waals surface area contributed by atoms with Crippen LogP contribution in [0.4, 0.5) is 4.79 Å². The first-order chi connectivity index (χ1) is 13.7. The summed E-state index contributed by atoms with van der Waals surface area (Å²) in [6.07, 6.45) is 6.42. The van der Waals surface area contributed by atoms with Crippen LogP contribution in [0, 0.1) is 5.92 Å². The summed E-state index contributed by atoms with van der Waals surface area (Å²) in [4.78, 5) is 14.2. The fraction of sp³-hybridized carbons (Fsp3) is 0.625. The van der Waals surface area contributed by atoms with Crippen LogP contribution < -0.4 is 0 Å². The number of carbonyl (C=O) groups is 1. The normalized spacial score (nSPS) is 25.8. The molecule has 0 spiro atoms. The smallest absolute Gasteiger partial charge is 0.411 e. The molecule has 3 atom stereocenters. The predicted molar refractivity (Wildman–Crippen MR) is 121 cm³/mol. The number of ether oxygens (including phenoxy) is 2. The second kappa shape index (κ2) is 9.05. The van der Waals surface area contributed by atoms with Gasteiger partial charge in [-0.05, 0) is 50.2 Å². The lowest BCUT2D eigenvalue weighted by molar-refractivity contribution is 0.0890. The Morgan fingerprint density at radius 2 is 2.07 bits per heavy atom. The van der Waals surface area contributed by atoms with Crippen molar-refractivity contribution in [2.24, 2.45) is 5.92 Å². The van der Waals surface area contributed by atoms with Gasteiger partial charge >= 0.3 is 6.09 Å². The Hall–Kier alpha value is -1.59. The van der Waals surface area contributed by atoms with Crippen molar-refractivity contribution in [2.45, 2.75) is 77.4 Å². The molecule has 2 aliphatic heterocycles. The summed E-state index contributed by atoms with van der Waals surface area (Å²) in [5, 5.41) is 1.51. The van der Waals surface area contributed by atoms with Gasteiger partial charge in [-0.25, -0.2) is 4.79 Å². The van der Waals surface area contributed by atoms with Gasteiger partial charge in [0.05, 0.1) is 20.7 Å². The quantitative estimate of drug-likeness (QED) is 0.378. The van der Waals surface area contributed by atoms with E-state index in [2.05, 4.69) is 51.7 Å². The molecule has 0 aromatic heterocycles. The highest BCUT2D eigenvalue weighted by molar-refractivity contribution is 6.83. The lowest BCUT2D eigenvalue weighted by Gasteiger charge is -2.31. The molecular formula is C24H37NO3Si. The predicted octanol–water partition coefficient (Wildman–Crippen LogP) is 5.80. The van der Waals surface area contributed by atoms with Crippen molar-refractivity contribution in [1.29, 1.82) is 0 Å². The van der Waals surface area contributed by atoms with Crippen LogP contribution in [0.15, 0.2) is 41.6 Å². The van der Waals surface area contributed by atoms with Crippen LogP contribution >= 0.6 is 0 Å². The maximum Gasteiger partial charge on any atom is 0.411 e. The number of nitrogens with zero attached hydrogens (tertiary/aromatic N) is 1. The summed E-state index contributed by atoms with van der Waals surface area (Å²) in [5.41, 5.74) is 0.743. The number of fused-ring (bicyclic) bond motifs is 1. The molecule has 2 heterocycles. The fourth-order valence-corrected chi connectivity index (χ4v) is 6.16. The Morgan fingerprint density at radius 3 is 2.76 bits per heavy atom. The molecule has 1 aromatic rings. The van der Waals surface area contributed by atoms with E-state index in [1.54, 1.807) is 0 Å². The molecule has 0 aliphatic carbocycles. The number of cyclic esters (lactones) is 1. The van der Waals surface area contributed by atoms with E-state index in [4.69, 9.17) is 9.47 Å². The topological polar surface area (TPSA) is 38.8 Å². The SMILES string of the molecule is C[C@H](CCOCc1ccccc1)C/C(=C/[C@]1(C)OC(=O)N2CCC[C@H]21)[Si](C)(C)C. The maximum absolute atomic E-state index is 12.3. The fourth-order valence-electron chi connectivity index (χ4n) is 4.48. The largest absolute Gasteiger partial charge is 0.437 e. The molecule has 1 amide bonds. The molecule has 0 unspecified atom stereocenters. The number of rotatable bonds is 9. The molecule has 1 aromatic carbocycles. The van der Waals surface area contributed by atoms with Gasteiger partial charge < -0.3 is 14.4 Å². The highest BCUT2D eigenvalue weighted by Gasteiger charge is 2.52. The Morgan fingerprint density at radius 1 is 1.34 bits per heavy atom. The van der Waals surface area contributed by atoms with Crippen molar-refractivity contribution in [2.75, 3.05) is 13.2 Å². The van der Waals surface area contributed by atoms with Gasteiger partial charge in [0, 0.05) is 13.2 Å². The number of benzene rings is 1. The third-order valence-electron chi connectivity index (χ3n) is 6.32. The van der Waals surface area contributed by atoms with Gasteiger partial charge in [-0.15, -0.1) is 0 Å². The van der Waals surface area contributed by atoms with E-state index in [0.717, 1.165) is 38.8 Å². The van der Waals surface area contributed by atoms with Crippen molar-refractivity contribution < 1.29 is 14.3 Å². The minimum Gasteiger partial charge on any atom is -0.437 e. The van der Waals surface area contributed by atoms with E-state index in [1.165, 1.54) is 10.8 Å². The lowest BCUT2D eigenvalue weighted by atomic mass is 9.93. The molecule has 2 aliphatic rings. The molecule has 0 bridgehead atoms. The van der Waals surface area contributed by atoms with Gasteiger partial charge in [-0.1, -0.05) is 62.1 Å². The molecule has 3 rings (SSSR count). The Balaban J connectivity index is 1.59. The maximum atomic E-state index is 12.3. The molecule has 2 saturated heterocycles. The zero-order valence-electron chi connectivity index (χ0n) is 18.7. The second-order valence-electron chi connectivity index (χ2n) is 9.96. The first kappa shape index (κ1) is 22.1. The number of amides is 1. The first-order valence-electron chi connectivity index (χ1n) is 11.0. The van der Waals surface area contributed by atoms with E-state index >= 15 is 0 Å². The lowest BCUT2D eigenvalue weighted by Crippen LogP contribution is -2.40. The van der Waals surface area contributed by atoms with Gasteiger partial charge in [0.1, 0.15) is 5.60 Å². The van der Waals surface area contributed by atoms with Crippen LogP contribution in [0.2, 0.25) is 19.6 Å². The van der Waals surface area contributed by atoms with E-state index in [-0.39, 0.29) is 12.1 Å². The van der Waals surface area contributed by atoms with Gasteiger partial charge in [0.15, 0.2) is 0 Å². The first-order valence-corrected chi connectivity index (χ1v) is 14.5. The molecule has 5 heteroatoms. The summed E-state index contributed by atoms with van der Waals surface area (Å²) < 4.78 is 11.8. The summed E-state index contributed by atoms with van der Waals surface area (Å²) in [6, 6.07) is 10.5. The number of allylic oxidation sites excluding steroid dienone is 1. The average Bonchev–Trinajstić information content (AvgIpc) is 3.23. The van der Waals surface area contributed by atoms with E-state index in [0.29, 0.717) is 12.5 Å². The van der Waals surface area contributed by atoms with Crippen LogP contribution in [0.3, 0.4) is 0 Å². The standard InChI is InChI=1S/C24H37NO3Si/c1-19(13-15-27-18-20-10-7-6-8-11-20)16-21(29(3,4)5)17-24(2)22-12-9-14-25(22)23(26)28-24/h6-8,10-11,17,19,22H,9,12-16,18H2,1-5H3/b21-17-/t19-,22+,24+/m1/s1. The third kappa shape index (κ3) is 5.52. The minimum atomic E-state index is -1.52. The highest BCUT2D eigenvalue weighted by Crippen LogP contribution is 2.40. The van der Waals surface area contributed by atoms with Crippen LogP contribution in [0.5, 0.6) is 0 Å². The van der Waals surface area contributed by atoms with Crippen LogP contribution in [-0.2, 0) is 16.1 Å². The van der Waals surface area contributed by atoms with Gasteiger partial charge in [-0.3, -0.25) is 0 Å². The molecule has 0 radical (unpaired) electrons. The molecule has 160 valence electrons. The number of hydrogen-bond acceptors (Lipinski definition) is 3. The molecule has 4 nitrogen and oxygen atoms in total. The van der Waals surface area contributed by atoms with Crippen molar-refractivity contribution in [1.82, 2.24) is 4.90 Å². The third-order valence-corrected chi connectivity index (χ3v) is 8.59. The summed E-state index contributed by atoms with van der Waals surface area (Å²) in [5.74, 6) is 0.545. The zero-order valence-corrected chi connectivity index (χ0v) is 19.7. The molecule has 0 saturated carbocycles. The Labute approximate surface area is 177 Å². The van der Waals surface area contributed by atoms with E-state index in [9.17, 15) is 4.79 Å². The summed E-state index contributed by atoms with van der Waals surface area (Å²) in [6.45, 7) is 13.9. The van der Waals surface area contributed by atoms with Gasteiger partial charge in [0.2, 0.25) is 0 Å².